The second-order valence-electron chi connectivity index (χ2n) is 7.01. The first kappa shape index (κ1) is 18.0. The first-order valence-electron chi connectivity index (χ1n) is 9.27. The van der Waals surface area contributed by atoms with Crippen LogP contribution in [0.15, 0.2) is 50.9 Å². The van der Waals surface area contributed by atoms with Gasteiger partial charge in [0.15, 0.2) is 11.5 Å². The average Bonchev–Trinajstić information content (AvgIpc) is 3.44. The molecule has 1 amide bonds. The maximum atomic E-state index is 12.6. The van der Waals surface area contributed by atoms with Crippen LogP contribution in [0.4, 0.5) is 0 Å². The van der Waals surface area contributed by atoms with Gasteiger partial charge in [0, 0.05) is 12.6 Å². The van der Waals surface area contributed by atoms with Crippen LogP contribution in [0.1, 0.15) is 42.1 Å². The number of likely N-dealkylation sites (tertiary alicyclic amines) is 1. The Morgan fingerprint density at radius 2 is 2.22 bits per heavy atom. The lowest BCUT2D eigenvalue weighted by Gasteiger charge is -2.35. The normalized spacial score (nSPS) is 17.1. The monoisotopic (exact) mass is 385 g/mol. The molecule has 1 aliphatic rings. The number of carbonyl (C=O) groups excluding carboxylic acids is 1. The number of nitrogens with one attached hydrogen (secondary N) is 1. The smallest absolute Gasteiger partial charge is 0.273 e. The number of hydrogen-bond acceptors (Lipinski definition) is 6. The first-order chi connectivity index (χ1) is 13.2. The molecule has 1 fully saturated rings. The van der Waals surface area contributed by atoms with E-state index < -0.39 is 0 Å². The van der Waals surface area contributed by atoms with Crippen LogP contribution in [0.2, 0.25) is 0 Å². The lowest BCUT2D eigenvalue weighted by molar-refractivity contribution is 0.0887. The molecule has 7 heteroatoms. The van der Waals surface area contributed by atoms with Crippen LogP contribution in [-0.2, 0) is 0 Å². The van der Waals surface area contributed by atoms with E-state index in [4.69, 9.17) is 8.94 Å². The highest BCUT2D eigenvalue weighted by atomic mass is 32.1. The molecule has 0 spiro atoms. The van der Waals surface area contributed by atoms with E-state index in [1.165, 1.54) is 12.8 Å². The summed E-state index contributed by atoms with van der Waals surface area (Å²) in [5.74, 6) is 2.01. The third-order valence-corrected chi connectivity index (χ3v) is 5.98. The SMILES string of the molecule is CC1CCN([C@@H](CNC(=O)c2cc(-c3cccs3)on2)c2ccco2)CC1. The largest absolute Gasteiger partial charge is 0.468 e. The van der Waals surface area contributed by atoms with Gasteiger partial charge in [-0.3, -0.25) is 9.69 Å². The Morgan fingerprint density at radius 3 is 2.93 bits per heavy atom. The molecular weight excluding hydrogens is 362 g/mol. The van der Waals surface area contributed by atoms with E-state index >= 15 is 0 Å². The fourth-order valence-corrected chi connectivity index (χ4v) is 4.10. The van der Waals surface area contributed by atoms with Crippen molar-refractivity contribution in [2.24, 2.45) is 5.92 Å². The molecule has 1 N–H and O–H groups in total. The summed E-state index contributed by atoms with van der Waals surface area (Å²) < 4.78 is 10.9. The summed E-state index contributed by atoms with van der Waals surface area (Å²) in [6.07, 6.45) is 4.01. The summed E-state index contributed by atoms with van der Waals surface area (Å²) in [4.78, 5) is 15.9. The maximum absolute atomic E-state index is 12.6. The Labute approximate surface area is 162 Å². The van der Waals surface area contributed by atoms with Crippen molar-refractivity contribution in [1.82, 2.24) is 15.4 Å². The van der Waals surface area contributed by atoms with Gasteiger partial charge in [-0.05, 0) is 55.4 Å². The lowest BCUT2D eigenvalue weighted by Crippen LogP contribution is -2.41. The third-order valence-electron chi connectivity index (χ3n) is 5.09. The first-order valence-corrected chi connectivity index (χ1v) is 10.1. The van der Waals surface area contributed by atoms with Crippen LogP contribution in [0.3, 0.4) is 0 Å². The number of nitrogens with zero attached hydrogens (tertiary/aromatic N) is 2. The number of aromatic nitrogens is 1. The van der Waals surface area contributed by atoms with Gasteiger partial charge < -0.3 is 14.3 Å². The van der Waals surface area contributed by atoms with E-state index in [0.29, 0.717) is 18.0 Å². The molecule has 1 atom stereocenters. The van der Waals surface area contributed by atoms with Gasteiger partial charge in [0.05, 0.1) is 17.2 Å². The van der Waals surface area contributed by atoms with E-state index in [9.17, 15) is 4.79 Å². The number of furan rings is 1. The number of carbonyl (C=O) groups is 1. The third kappa shape index (κ3) is 4.14. The summed E-state index contributed by atoms with van der Waals surface area (Å²) in [7, 11) is 0. The van der Waals surface area contributed by atoms with Crippen molar-refractivity contribution in [1.29, 1.82) is 0 Å². The Kier molecular flexibility index (Phi) is 5.40. The van der Waals surface area contributed by atoms with Crippen molar-refractivity contribution in [3.8, 4) is 10.6 Å². The molecule has 142 valence electrons. The zero-order chi connectivity index (χ0) is 18.6. The van der Waals surface area contributed by atoms with Crippen molar-refractivity contribution < 1.29 is 13.7 Å². The Bertz CT molecular complexity index is 849. The second-order valence-corrected chi connectivity index (χ2v) is 7.96. The maximum Gasteiger partial charge on any atom is 0.273 e. The average molecular weight is 385 g/mol. The van der Waals surface area contributed by atoms with Crippen LogP contribution in [0, 0.1) is 5.92 Å². The van der Waals surface area contributed by atoms with Crippen LogP contribution >= 0.6 is 11.3 Å². The van der Waals surface area contributed by atoms with E-state index in [0.717, 1.165) is 29.6 Å². The molecule has 6 nitrogen and oxygen atoms in total. The molecule has 1 aliphatic heterocycles. The van der Waals surface area contributed by atoms with Crippen molar-refractivity contribution in [2.75, 3.05) is 19.6 Å². The highest BCUT2D eigenvalue weighted by Gasteiger charge is 2.27. The fraction of sp³-hybridized carbons (Fsp3) is 0.400. The number of amides is 1. The van der Waals surface area contributed by atoms with Gasteiger partial charge >= 0.3 is 0 Å². The summed E-state index contributed by atoms with van der Waals surface area (Å²) in [6, 6.07) is 9.46. The second kappa shape index (κ2) is 8.10. The van der Waals surface area contributed by atoms with Gasteiger partial charge in [-0.2, -0.15) is 0 Å². The Balaban J connectivity index is 1.42. The summed E-state index contributed by atoms with van der Waals surface area (Å²) in [5.41, 5.74) is 0.295. The van der Waals surface area contributed by atoms with Gasteiger partial charge in [0.1, 0.15) is 5.76 Å². The van der Waals surface area contributed by atoms with Crippen LogP contribution in [-0.4, -0.2) is 35.6 Å². The lowest BCUT2D eigenvalue weighted by atomic mass is 9.97. The zero-order valence-corrected chi connectivity index (χ0v) is 16.1. The zero-order valence-electron chi connectivity index (χ0n) is 15.3. The molecule has 0 saturated carbocycles. The summed E-state index contributed by atoms with van der Waals surface area (Å²) in [5, 5.41) is 8.88. The van der Waals surface area contributed by atoms with Crippen molar-refractivity contribution in [3.63, 3.8) is 0 Å². The van der Waals surface area contributed by atoms with E-state index in [-0.39, 0.29) is 11.9 Å². The highest BCUT2D eigenvalue weighted by molar-refractivity contribution is 7.13. The molecular formula is C20H23N3O3S. The van der Waals surface area contributed by atoms with Gasteiger partial charge in [-0.1, -0.05) is 18.1 Å². The fourth-order valence-electron chi connectivity index (χ4n) is 3.43. The van der Waals surface area contributed by atoms with E-state index in [1.54, 1.807) is 23.7 Å². The predicted molar refractivity (Wildman–Crippen MR) is 104 cm³/mol. The molecule has 0 aliphatic carbocycles. The molecule has 3 aromatic heterocycles. The van der Waals surface area contributed by atoms with Crippen LogP contribution < -0.4 is 5.32 Å². The van der Waals surface area contributed by atoms with Crippen LogP contribution in [0.25, 0.3) is 10.6 Å². The van der Waals surface area contributed by atoms with E-state index in [2.05, 4.69) is 22.3 Å². The molecule has 4 rings (SSSR count). The molecule has 27 heavy (non-hydrogen) atoms. The number of piperidine rings is 1. The quantitative estimate of drug-likeness (QED) is 0.689. The standard InChI is InChI=1S/C20H23N3O3S/c1-14-6-8-23(9-7-14)16(17-4-2-10-25-17)13-21-20(24)15-12-18(26-22-15)19-5-3-11-27-19/h2-5,10-12,14,16H,6-9,13H2,1H3,(H,21,24)/t16-/m0/s1. The molecule has 0 unspecified atom stereocenters. The minimum Gasteiger partial charge on any atom is -0.468 e. The van der Waals surface area contributed by atoms with Gasteiger partial charge in [-0.15, -0.1) is 11.3 Å². The topological polar surface area (TPSA) is 71.5 Å². The molecule has 0 radical (unpaired) electrons. The molecule has 0 aromatic carbocycles. The van der Waals surface area contributed by atoms with Crippen LogP contribution in [0.5, 0.6) is 0 Å². The van der Waals surface area contributed by atoms with Gasteiger partial charge in [0.25, 0.3) is 5.91 Å². The predicted octanol–water partition coefficient (Wildman–Crippen LogP) is 4.20. The molecule has 0 bridgehead atoms. The highest BCUT2D eigenvalue weighted by Crippen LogP contribution is 2.27. The number of rotatable bonds is 6. The minimum atomic E-state index is -0.233. The minimum absolute atomic E-state index is 0.0279. The number of hydrogen-bond donors (Lipinski definition) is 1. The summed E-state index contributed by atoms with van der Waals surface area (Å²) in [6.45, 7) is 4.78. The Hall–Kier alpha value is -2.38. The van der Waals surface area contributed by atoms with Crippen molar-refractivity contribution >= 4 is 17.2 Å². The molecule has 1 saturated heterocycles. The van der Waals surface area contributed by atoms with Gasteiger partial charge in [-0.25, -0.2) is 0 Å². The van der Waals surface area contributed by atoms with Crippen molar-refractivity contribution in [2.45, 2.75) is 25.8 Å². The van der Waals surface area contributed by atoms with E-state index in [1.807, 2.05) is 29.6 Å². The Morgan fingerprint density at radius 1 is 1.37 bits per heavy atom. The molecule has 3 aromatic rings. The van der Waals surface area contributed by atoms with Gasteiger partial charge in [0.2, 0.25) is 0 Å². The van der Waals surface area contributed by atoms with Crippen molar-refractivity contribution in [3.05, 3.63) is 53.4 Å². The summed E-state index contributed by atoms with van der Waals surface area (Å²) >= 11 is 1.55. The number of thiophene rings is 1. The molecule has 4 heterocycles.